The molecule has 2 heterocycles. The molecule has 0 spiro atoms. The molecule has 2 aliphatic heterocycles. The molecule has 7 heteroatoms. The Labute approximate surface area is 201 Å². The molecule has 4 rings (SSSR count). The van der Waals surface area contributed by atoms with E-state index in [1.807, 2.05) is 36.4 Å². The Balaban J connectivity index is 1.26. The van der Waals surface area contributed by atoms with Crippen molar-refractivity contribution in [3.8, 4) is 11.5 Å². The first-order chi connectivity index (χ1) is 16.6. The molecule has 180 valence electrons. The summed E-state index contributed by atoms with van der Waals surface area (Å²) in [6.45, 7) is 4.65. The van der Waals surface area contributed by atoms with E-state index in [0.717, 1.165) is 38.3 Å². The molecular weight excluding hydrogens is 430 g/mol. The lowest BCUT2D eigenvalue weighted by Gasteiger charge is -2.36. The van der Waals surface area contributed by atoms with E-state index in [1.165, 1.54) is 10.5 Å². The van der Waals surface area contributed by atoms with Gasteiger partial charge in [0.05, 0.1) is 26.7 Å². The van der Waals surface area contributed by atoms with Crippen LogP contribution in [0, 0.1) is 0 Å². The second-order valence-electron chi connectivity index (χ2n) is 8.69. The fourth-order valence-corrected chi connectivity index (χ4v) is 4.62. The summed E-state index contributed by atoms with van der Waals surface area (Å²) in [6.07, 6.45) is 5.19. The van der Waals surface area contributed by atoms with Gasteiger partial charge in [0, 0.05) is 39.3 Å². The van der Waals surface area contributed by atoms with Gasteiger partial charge in [-0.05, 0) is 29.7 Å². The van der Waals surface area contributed by atoms with Gasteiger partial charge in [-0.15, -0.1) is 0 Å². The van der Waals surface area contributed by atoms with Crippen molar-refractivity contribution in [3.05, 3.63) is 65.7 Å². The Morgan fingerprint density at radius 3 is 2.38 bits per heavy atom. The van der Waals surface area contributed by atoms with Crippen LogP contribution in [0.5, 0.6) is 11.5 Å². The lowest BCUT2D eigenvalue weighted by atomic mass is 10.1. The number of nitrogens with zero attached hydrogens (tertiary/aromatic N) is 3. The third kappa shape index (κ3) is 5.66. The molecule has 2 aliphatic rings. The molecule has 2 aromatic rings. The largest absolute Gasteiger partial charge is 0.493 e. The van der Waals surface area contributed by atoms with Crippen LogP contribution in [-0.2, 0) is 16.0 Å². The number of amides is 2. The molecule has 34 heavy (non-hydrogen) atoms. The minimum absolute atomic E-state index is 0.0668. The average molecular weight is 464 g/mol. The summed E-state index contributed by atoms with van der Waals surface area (Å²) in [4.78, 5) is 31.7. The molecule has 0 bridgehead atoms. The Bertz CT molecular complexity index is 1020. The van der Waals surface area contributed by atoms with Crippen molar-refractivity contribution in [1.29, 1.82) is 0 Å². The summed E-state index contributed by atoms with van der Waals surface area (Å²) < 4.78 is 10.6. The summed E-state index contributed by atoms with van der Waals surface area (Å²) in [6, 6.07) is 15.6. The predicted octanol–water partition coefficient (Wildman–Crippen LogP) is 2.70. The minimum Gasteiger partial charge on any atom is -0.493 e. The Hall–Kier alpha value is -3.16. The third-order valence-electron chi connectivity index (χ3n) is 6.61. The maximum atomic E-state index is 13.1. The van der Waals surface area contributed by atoms with E-state index in [9.17, 15) is 9.59 Å². The minimum atomic E-state index is -0.333. The van der Waals surface area contributed by atoms with Crippen LogP contribution in [0.2, 0.25) is 0 Å². The first-order valence-electron chi connectivity index (χ1n) is 11.8. The number of carbonyl (C=O) groups is 2. The van der Waals surface area contributed by atoms with Crippen LogP contribution < -0.4 is 9.47 Å². The highest BCUT2D eigenvalue weighted by Gasteiger charge is 2.42. The van der Waals surface area contributed by atoms with Gasteiger partial charge in [-0.25, -0.2) is 0 Å². The SMILES string of the molecule is COc1ccc(CCN2C(=O)C[C@@H](N3CCN(C/C=C\c4ccccc4)CC3)C2=O)cc1OC. The lowest BCUT2D eigenvalue weighted by Crippen LogP contribution is -2.52. The van der Waals surface area contributed by atoms with Crippen molar-refractivity contribution >= 4 is 17.9 Å². The number of piperazine rings is 1. The molecular formula is C27H33N3O4. The van der Waals surface area contributed by atoms with Crippen LogP contribution in [0.3, 0.4) is 0 Å². The number of likely N-dealkylation sites (tertiary alicyclic amines) is 1. The number of hydrogen-bond acceptors (Lipinski definition) is 6. The van der Waals surface area contributed by atoms with Gasteiger partial charge in [0.25, 0.3) is 0 Å². The highest BCUT2D eigenvalue weighted by molar-refractivity contribution is 6.05. The van der Waals surface area contributed by atoms with Crippen LogP contribution in [0.15, 0.2) is 54.6 Å². The molecule has 2 amide bonds. The molecule has 7 nitrogen and oxygen atoms in total. The monoisotopic (exact) mass is 463 g/mol. The van der Waals surface area contributed by atoms with Crippen LogP contribution in [0.25, 0.3) is 6.08 Å². The second kappa shape index (κ2) is 11.3. The molecule has 2 fully saturated rings. The van der Waals surface area contributed by atoms with Gasteiger partial charge in [-0.1, -0.05) is 48.6 Å². The van der Waals surface area contributed by atoms with E-state index < -0.39 is 0 Å². The number of rotatable bonds is 9. The van der Waals surface area contributed by atoms with Crippen molar-refractivity contribution in [2.24, 2.45) is 0 Å². The maximum Gasteiger partial charge on any atom is 0.247 e. The van der Waals surface area contributed by atoms with Gasteiger partial charge in [0.1, 0.15) is 0 Å². The first-order valence-corrected chi connectivity index (χ1v) is 11.8. The van der Waals surface area contributed by atoms with Crippen LogP contribution in [-0.4, -0.2) is 86.0 Å². The summed E-state index contributed by atoms with van der Waals surface area (Å²) in [5.41, 5.74) is 2.20. The summed E-state index contributed by atoms with van der Waals surface area (Å²) in [7, 11) is 3.19. The zero-order chi connectivity index (χ0) is 23.9. The normalized spacial score (nSPS) is 19.8. The summed E-state index contributed by atoms with van der Waals surface area (Å²) in [5.74, 6) is 1.16. The molecule has 0 radical (unpaired) electrons. The topological polar surface area (TPSA) is 62.3 Å². The molecule has 0 aromatic heterocycles. The summed E-state index contributed by atoms with van der Waals surface area (Å²) >= 11 is 0. The average Bonchev–Trinajstić information content (AvgIpc) is 3.16. The second-order valence-corrected chi connectivity index (χ2v) is 8.69. The highest BCUT2D eigenvalue weighted by Crippen LogP contribution is 2.28. The van der Waals surface area contributed by atoms with Crippen LogP contribution in [0.1, 0.15) is 17.5 Å². The van der Waals surface area contributed by atoms with Crippen molar-refractivity contribution in [3.63, 3.8) is 0 Å². The first kappa shape index (κ1) is 24.0. The van der Waals surface area contributed by atoms with Crippen molar-refractivity contribution in [1.82, 2.24) is 14.7 Å². The molecule has 0 N–H and O–H groups in total. The van der Waals surface area contributed by atoms with Crippen LogP contribution in [0.4, 0.5) is 0 Å². The molecule has 2 aromatic carbocycles. The quantitative estimate of drug-likeness (QED) is 0.533. The molecule has 1 atom stereocenters. The fourth-order valence-electron chi connectivity index (χ4n) is 4.62. The third-order valence-corrected chi connectivity index (χ3v) is 6.61. The fraction of sp³-hybridized carbons (Fsp3) is 0.407. The van der Waals surface area contributed by atoms with Gasteiger partial charge in [0.2, 0.25) is 11.8 Å². The number of hydrogen-bond donors (Lipinski definition) is 0. The zero-order valence-corrected chi connectivity index (χ0v) is 20.0. The van der Waals surface area contributed by atoms with Crippen molar-refractivity contribution in [2.75, 3.05) is 53.5 Å². The van der Waals surface area contributed by atoms with Crippen molar-refractivity contribution in [2.45, 2.75) is 18.9 Å². The standard InChI is InChI=1S/C27H33N3O4/c1-33-24-11-10-22(19-25(24)34-2)12-14-30-26(31)20-23(27(30)32)29-17-15-28(16-18-29)13-6-9-21-7-4-3-5-8-21/h3-11,19,23H,12-18,20H2,1-2H3/b9-6-/t23-/m1/s1. The molecule has 0 aliphatic carbocycles. The van der Waals surface area contributed by atoms with Gasteiger partial charge < -0.3 is 9.47 Å². The number of methoxy groups -OCH3 is 2. The van der Waals surface area contributed by atoms with Crippen LogP contribution >= 0.6 is 0 Å². The molecule has 0 unspecified atom stereocenters. The number of imide groups is 1. The summed E-state index contributed by atoms with van der Waals surface area (Å²) in [5, 5.41) is 0. The number of carbonyl (C=O) groups excluding carboxylic acids is 2. The Morgan fingerprint density at radius 2 is 1.68 bits per heavy atom. The van der Waals surface area contributed by atoms with Gasteiger partial charge in [-0.2, -0.15) is 0 Å². The maximum absolute atomic E-state index is 13.1. The van der Waals surface area contributed by atoms with Crippen molar-refractivity contribution < 1.29 is 19.1 Å². The lowest BCUT2D eigenvalue weighted by molar-refractivity contribution is -0.139. The number of benzene rings is 2. The van der Waals surface area contributed by atoms with E-state index in [2.05, 4.69) is 34.1 Å². The Morgan fingerprint density at radius 1 is 0.941 bits per heavy atom. The van der Waals surface area contributed by atoms with E-state index in [1.54, 1.807) is 14.2 Å². The van der Waals surface area contributed by atoms with Gasteiger partial charge in [-0.3, -0.25) is 24.3 Å². The van der Waals surface area contributed by atoms with Gasteiger partial charge in [0.15, 0.2) is 11.5 Å². The zero-order valence-electron chi connectivity index (χ0n) is 20.0. The molecule has 2 saturated heterocycles. The van der Waals surface area contributed by atoms with E-state index in [0.29, 0.717) is 24.5 Å². The molecule has 0 saturated carbocycles. The Kier molecular flexibility index (Phi) is 7.98. The smallest absolute Gasteiger partial charge is 0.247 e. The van der Waals surface area contributed by atoms with E-state index >= 15 is 0 Å². The predicted molar refractivity (Wildman–Crippen MR) is 132 cm³/mol. The highest BCUT2D eigenvalue weighted by atomic mass is 16.5. The van der Waals surface area contributed by atoms with E-state index in [-0.39, 0.29) is 24.3 Å². The number of ether oxygens (including phenoxy) is 2. The van der Waals surface area contributed by atoms with E-state index in [4.69, 9.17) is 9.47 Å². The van der Waals surface area contributed by atoms with Gasteiger partial charge >= 0.3 is 0 Å².